The van der Waals surface area contributed by atoms with Crippen LogP contribution in [0.15, 0.2) is 18.2 Å². The van der Waals surface area contributed by atoms with Gasteiger partial charge in [0.1, 0.15) is 5.82 Å². The van der Waals surface area contributed by atoms with Gasteiger partial charge >= 0.3 is 0 Å². The van der Waals surface area contributed by atoms with Crippen molar-refractivity contribution in [2.24, 2.45) is 0 Å². The molecule has 0 aromatic heterocycles. The summed E-state index contributed by atoms with van der Waals surface area (Å²) in [7, 11) is 4.09. The topological polar surface area (TPSA) is 58.4 Å². The Morgan fingerprint density at radius 2 is 2.15 bits per heavy atom. The van der Waals surface area contributed by atoms with Crippen molar-refractivity contribution >= 4 is 5.69 Å². The van der Waals surface area contributed by atoms with Crippen LogP contribution in [0.5, 0.6) is 0 Å². The third-order valence-corrected chi connectivity index (χ3v) is 4.24. The number of hydrogen-bond acceptors (Lipinski definition) is 4. The molecule has 20 heavy (non-hydrogen) atoms. The molecule has 1 N–H and O–H groups in total. The lowest BCUT2D eigenvalue weighted by Gasteiger charge is -2.47. The number of benzene rings is 1. The number of nitrogens with zero attached hydrogens (tertiary/aromatic N) is 2. The Hall–Kier alpha value is -1.53. The van der Waals surface area contributed by atoms with Crippen LogP contribution >= 0.6 is 0 Å². The highest BCUT2D eigenvalue weighted by Crippen LogP contribution is 2.35. The molecule has 1 saturated carbocycles. The SMILES string of the molecule is CN(C)C1(CNCc2cc(F)ccc2[N+](=O)[O-])CCC1. The Morgan fingerprint density at radius 3 is 2.65 bits per heavy atom. The number of nitrogens with one attached hydrogen (secondary N) is 1. The molecule has 0 amide bonds. The molecule has 0 radical (unpaired) electrons. The first-order valence-corrected chi connectivity index (χ1v) is 6.76. The van der Waals surface area contributed by atoms with Gasteiger partial charge in [0.25, 0.3) is 5.69 Å². The zero-order valence-electron chi connectivity index (χ0n) is 11.9. The zero-order valence-corrected chi connectivity index (χ0v) is 11.9. The minimum atomic E-state index is -0.471. The minimum absolute atomic E-state index is 0.0357. The van der Waals surface area contributed by atoms with Gasteiger partial charge in [0.05, 0.1) is 4.92 Å². The van der Waals surface area contributed by atoms with Crippen molar-refractivity contribution in [1.82, 2.24) is 10.2 Å². The molecule has 0 bridgehead atoms. The van der Waals surface area contributed by atoms with Gasteiger partial charge in [-0.25, -0.2) is 4.39 Å². The Labute approximate surface area is 117 Å². The summed E-state index contributed by atoms with van der Waals surface area (Å²) in [5, 5.41) is 14.2. The van der Waals surface area contributed by atoms with Crippen molar-refractivity contribution in [3.05, 3.63) is 39.7 Å². The predicted molar refractivity (Wildman–Crippen MR) is 75.0 cm³/mol. The van der Waals surface area contributed by atoms with Crippen LogP contribution in [0.2, 0.25) is 0 Å². The molecule has 6 heteroatoms. The van der Waals surface area contributed by atoms with Crippen LogP contribution < -0.4 is 5.32 Å². The second-order valence-corrected chi connectivity index (χ2v) is 5.61. The monoisotopic (exact) mass is 281 g/mol. The van der Waals surface area contributed by atoms with Crippen LogP contribution in [0.1, 0.15) is 24.8 Å². The standard InChI is InChI=1S/C14H20FN3O2/c1-17(2)14(6-3-7-14)10-16-9-11-8-12(15)4-5-13(11)18(19)20/h4-5,8,16H,3,6-7,9-10H2,1-2H3. The number of likely N-dealkylation sites (N-methyl/N-ethyl adjacent to an activating group) is 1. The summed E-state index contributed by atoms with van der Waals surface area (Å²) in [5.41, 5.74) is 0.497. The van der Waals surface area contributed by atoms with Gasteiger partial charge in [-0.15, -0.1) is 0 Å². The van der Waals surface area contributed by atoms with Gasteiger partial charge in [0.15, 0.2) is 0 Å². The van der Waals surface area contributed by atoms with Crippen LogP contribution in [-0.4, -0.2) is 36.0 Å². The summed E-state index contributed by atoms with van der Waals surface area (Å²) < 4.78 is 13.2. The summed E-state index contributed by atoms with van der Waals surface area (Å²) >= 11 is 0. The number of rotatable bonds is 6. The van der Waals surface area contributed by atoms with E-state index in [-0.39, 0.29) is 11.2 Å². The molecule has 5 nitrogen and oxygen atoms in total. The summed E-state index contributed by atoms with van der Waals surface area (Å²) in [4.78, 5) is 12.6. The van der Waals surface area contributed by atoms with E-state index in [4.69, 9.17) is 0 Å². The number of hydrogen-bond donors (Lipinski definition) is 1. The molecular weight excluding hydrogens is 261 g/mol. The molecule has 2 rings (SSSR count). The van der Waals surface area contributed by atoms with Crippen molar-refractivity contribution < 1.29 is 9.31 Å². The average molecular weight is 281 g/mol. The smallest absolute Gasteiger partial charge is 0.274 e. The molecule has 0 saturated heterocycles. The highest BCUT2D eigenvalue weighted by Gasteiger charge is 2.38. The Morgan fingerprint density at radius 1 is 1.45 bits per heavy atom. The van der Waals surface area contributed by atoms with E-state index in [0.717, 1.165) is 25.5 Å². The van der Waals surface area contributed by atoms with E-state index < -0.39 is 10.7 Å². The van der Waals surface area contributed by atoms with E-state index >= 15 is 0 Å². The fourth-order valence-electron chi connectivity index (χ4n) is 2.67. The van der Waals surface area contributed by atoms with Crippen molar-refractivity contribution in [3.63, 3.8) is 0 Å². The van der Waals surface area contributed by atoms with Gasteiger partial charge in [-0.05, 0) is 45.5 Å². The third kappa shape index (κ3) is 2.96. The first kappa shape index (κ1) is 14.9. The maximum atomic E-state index is 13.2. The largest absolute Gasteiger partial charge is 0.311 e. The van der Waals surface area contributed by atoms with E-state index in [0.29, 0.717) is 12.1 Å². The van der Waals surface area contributed by atoms with Crippen molar-refractivity contribution in [3.8, 4) is 0 Å². The first-order chi connectivity index (χ1) is 9.44. The molecule has 0 heterocycles. The first-order valence-electron chi connectivity index (χ1n) is 6.76. The molecule has 0 atom stereocenters. The number of nitro benzene ring substituents is 1. The molecule has 0 unspecified atom stereocenters. The second-order valence-electron chi connectivity index (χ2n) is 5.61. The van der Waals surface area contributed by atoms with Gasteiger partial charge in [0.2, 0.25) is 0 Å². The fourth-order valence-corrected chi connectivity index (χ4v) is 2.67. The zero-order chi connectivity index (χ0) is 14.8. The third-order valence-electron chi connectivity index (χ3n) is 4.24. The Bertz CT molecular complexity index is 501. The summed E-state index contributed by atoms with van der Waals surface area (Å²) in [6, 6.07) is 3.57. The highest BCUT2D eigenvalue weighted by atomic mass is 19.1. The molecule has 1 aliphatic rings. The van der Waals surface area contributed by atoms with Gasteiger partial charge in [0, 0.05) is 30.3 Å². The molecular formula is C14H20FN3O2. The van der Waals surface area contributed by atoms with Crippen molar-refractivity contribution in [2.45, 2.75) is 31.3 Å². The molecule has 1 aromatic rings. The van der Waals surface area contributed by atoms with Crippen LogP contribution in [0.25, 0.3) is 0 Å². The number of nitro groups is 1. The lowest BCUT2D eigenvalue weighted by Crippen LogP contribution is -2.56. The quantitative estimate of drug-likeness (QED) is 0.642. The molecule has 1 fully saturated rings. The van der Waals surface area contributed by atoms with Gasteiger partial charge < -0.3 is 10.2 Å². The maximum Gasteiger partial charge on any atom is 0.274 e. The second kappa shape index (κ2) is 5.85. The van der Waals surface area contributed by atoms with E-state index in [2.05, 4.69) is 10.2 Å². The minimum Gasteiger partial charge on any atom is -0.311 e. The van der Waals surface area contributed by atoms with E-state index in [1.54, 1.807) is 0 Å². The predicted octanol–water partition coefficient (Wildman–Crippen LogP) is 2.31. The van der Waals surface area contributed by atoms with Crippen LogP contribution in [0, 0.1) is 15.9 Å². The van der Waals surface area contributed by atoms with Gasteiger partial charge in [-0.2, -0.15) is 0 Å². The molecule has 1 aliphatic carbocycles. The number of halogens is 1. The fraction of sp³-hybridized carbons (Fsp3) is 0.571. The summed E-state index contributed by atoms with van der Waals surface area (Å²) in [5.74, 6) is -0.446. The highest BCUT2D eigenvalue weighted by molar-refractivity contribution is 5.40. The normalized spacial score (nSPS) is 17.0. The maximum absolute atomic E-state index is 13.2. The van der Waals surface area contributed by atoms with Gasteiger partial charge in [-0.1, -0.05) is 0 Å². The molecule has 110 valence electrons. The van der Waals surface area contributed by atoms with Crippen LogP contribution in [0.3, 0.4) is 0 Å². The Kier molecular flexibility index (Phi) is 4.35. The lowest BCUT2D eigenvalue weighted by molar-refractivity contribution is -0.385. The molecule has 0 spiro atoms. The summed E-state index contributed by atoms with van der Waals surface area (Å²) in [6.45, 7) is 1.07. The average Bonchev–Trinajstić information content (AvgIpc) is 2.31. The van der Waals surface area contributed by atoms with E-state index in [1.807, 2.05) is 14.1 Å². The van der Waals surface area contributed by atoms with Crippen LogP contribution in [-0.2, 0) is 6.54 Å². The van der Waals surface area contributed by atoms with Crippen LogP contribution in [0.4, 0.5) is 10.1 Å². The molecule has 0 aliphatic heterocycles. The molecule has 1 aromatic carbocycles. The van der Waals surface area contributed by atoms with Gasteiger partial charge in [-0.3, -0.25) is 10.1 Å². The van der Waals surface area contributed by atoms with E-state index in [1.165, 1.54) is 18.6 Å². The van der Waals surface area contributed by atoms with E-state index in [9.17, 15) is 14.5 Å². The van der Waals surface area contributed by atoms with Crippen molar-refractivity contribution in [1.29, 1.82) is 0 Å². The van der Waals surface area contributed by atoms with Crippen molar-refractivity contribution in [2.75, 3.05) is 20.6 Å². The summed E-state index contributed by atoms with van der Waals surface area (Å²) in [6.07, 6.45) is 3.45. The Balaban J connectivity index is 2.00. The lowest BCUT2D eigenvalue weighted by atomic mass is 9.75.